The third-order valence-electron chi connectivity index (χ3n) is 6.31. The number of para-hydroxylation sites is 1. The van der Waals surface area contributed by atoms with Gasteiger partial charge in [0, 0.05) is 42.5 Å². The van der Waals surface area contributed by atoms with Gasteiger partial charge in [-0.05, 0) is 53.8 Å². The van der Waals surface area contributed by atoms with E-state index in [0.29, 0.717) is 12.5 Å². The van der Waals surface area contributed by atoms with Crippen LogP contribution in [0.2, 0.25) is 0 Å². The summed E-state index contributed by atoms with van der Waals surface area (Å²) >= 11 is 0. The highest BCUT2D eigenvalue weighted by Gasteiger charge is 2.17. The number of nitrogens with one attached hydrogen (secondary N) is 1. The lowest BCUT2D eigenvalue weighted by Gasteiger charge is -2.30. The molecule has 1 aliphatic rings. The Bertz CT molecular complexity index is 1300. The molecule has 1 saturated heterocycles. The van der Waals surface area contributed by atoms with Gasteiger partial charge in [-0.15, -0.1) is 0 Å². The molecule has 5 rings (SSSR count). The van der Waals surface area contributed by atoms with Crippen LogP contribution in [0.4, 0.5) is 11.6 Å². The number of aromatic nitrogens is 2. The molecule has 180 valence electrons. The Kier molecular flexibility index (Phi) is 6.95. The van der Waals surface area contributed by atoms with E-state index in [1.54, 1.807) is 20.4 Å². The SMILES string of the molecule is COc1ccc2cc(-c3ccnc(NCCc4ccccc4OC)n3)cc(N3CCOCC3)c2c1. The number of ether oxygens (including phenoxy) is 3. The van der Waals surface area contributed by atoms with E-state index < -0.39 is 0 Å². The fraction of sp³-hybridized carbons (Fsp3) is 0.286. The quantitative estimate of drug-likeness (QED) is 0.397. The molecule has 1 N–H and O–H groups in total. The lowest BCUT2D eigenvalue weighted by atomic mass is 10.0. The zero-order chi connectivity index (χ0) is 24.0. The minimum Gasteiger partial charge on any atom is -0.497 e. The third kappa shape index (κ3) is 5.15. The van der Waals surface area contributed by atoms with Crippen LogP contribution in [-0.4, -0.2) is 57.0 Å². The van der Waals surface area contributed by atoms with Crippen molar-refractivity contribution < 1.29 is 14.2 Å². The molecule has 2 heterocycles. The minimum atomic E-state index is 0.611. The van der Waals surface area contributed by atoms with Crippen LogP contribution in [0.25, 0.3) is 22.0 Å². The molecule has 1 fully saturated rings. The van der Waals surface area contributed by atoms with E-state index in [4.69, 9.17) is 19.2 Å². The summed E-state index contributed by atoms with van der Waals surface area (Å²) in [5.74, 6) is 2.36. The molecule has 0 bridgehead atoms. The topological polar surface area (TPSA) is 68.7 Å². The second-order valence-electron chi connectivity index (χ2n) is 8.44. The third-order valence-corrected chi connectivity index (χ3v) is 6.31. The summed E-state index contributed by atoms with van der Waals surface area (Å²) in [5, 5.41) is 5.68. The molecule has 0 unspecified atom stereocenters. The van der Waals surface area contributed by atoms with Crippen LogP contribution in [0.1, 0.15) is 5.56 Å². The number of anilines is 2. The molecule has 1 aliphatic heterocycles. The molecule has 0 amide bonds. The van der Waals surface area contributed by atoms with E-state index in [1.807, 2.05) is 30.3 Å². The number of morpholine rings is 1. The van der Waals surface area contributed by atoms with Crippen molar-refractivity contribution in [1.82, 2.24) is 9.97 Å². The van der Waals surface area contributed by atoms with Crippen LogP contribution in [-0.2, 0) is 11.2 Å². The maximum atomic E-state index is 5.59. The largest absolute Gasteiger partial charge is 0.497 e. The zero-order valence-corrected chi connectivity index (χ0v) is 20.2. The van der Waals surface area contributed by atoms with Crippen molar-refractivity contribution in [3.63, 3.8) is 0 Å². The van der Waals surface area contributed by atoms with Crippen LogP contribution in [0, 0.1) is 0 Å². The molecule has 0 saturated carbocycles. The van der Waals surface area contributed by atoms with Gasteiger partial charge >= 0.3 is 0 Å². The number of nitrogens with zero attached hydrogens (tertiary/aromatic N) is 3. The summed E-state index contributed by atoms with van der Waals surface area (Å²) < 4.78 is 16.5. The average Bonchev–Trinajstić information content (AvgIpc) is 2.93. The molecule has 1 aromatic heterocycles. The summed E-state index contributed by atoms with van der Waals surface area (Å²) in [5.41, 5.74) is 4.26. The highest BCUT2D eigenvalue weighted by atomic mass is 16.5. The molecule has 4 aromatic rings. The number of hydrogen-bond donors (Lipinski definition) is 1. The van der Waals surface area contributed by atoms with Gasteiger partial charge in [0.2, 0.25) is 5.95 Å². The van der Waals surface area contributed by atoms with Gasteiger partial charge in [-0.3, -0.25) is 0 Å². The number of methoxy groups -OCH3 is 2. The van der Waals surface area contributed by atoms with Crippen molar-refractivity contribution in [3.8, 4) is 22.8 Å². The predicted octanol–water partition coefficient (Wildman–Crippen LogP) is 4.81. The monoisotopic (exact) mass is 470 g/mol. The van der Waals surface area contributed by atoms with Crippen LogP contribution in [0.3, 0.4) is 0 Å². The number of hydrogen-bond acceptors (Lipinski definition) is 7. The van der Waals surface area contributed by atoms with Gasteiger partial charge in [-0.2, -0.15) is 0 Å². The number of fused-ring (bicyclic) bond motifs is 1. The first-order valence-corrected chi connectivity index (χ1v) is 11.9. The molecule has 35 heavy (non-hydrogen) atoms. The van der Waals surface area contributed by atoms with Gasteiger partial charge in [-0.25, -0.2) is 9.97 Å². The highest BCUT2D eigenvalue weighted by Crippen LogP contribution is 2.35. The first-order valence-electron chi connectivity index (χ1n) is 11.9. The fourth-order valence-corrected chi connectivity index (χ4v) is 4.48. The lowest BCUT2D eigenvalue weighted by Crippen LogP contribution is -2.36. The molecule has 3 aromatic carbocycles. The van der Waals surface area contributed by atoms with E-state index in [9.17, 15) is 0 Å². The molecule has 0 spiro atoms. The normalized spacial score (nSPS) is 13.6. The van der Waals surface area contributed by atoms with Crippen molar-refractivity contribution in [2.45, 2.75) is 6.42 Å². The van der Waals surface area contributed by atoms with Crippen LogP contribution in [0.15, 0.2) is 66.9 Å². The maximum Gasteiger partial charge on any atom is 0.223 e. The number of rotatable bonds is 8. The Hall–Kier alpha value is -3.84. The lowest BCUT2D eigenvalue weighted by molar-refractivity contribution is 0.123. The average molecular weight is 471 g/mol. The maximum absolute atomic E-state index is 5.59. The fourth-order valence-electron chi connectivity index (χ4n) is 4.48. The Morgan fingerprint density at radius 2 is 1.83 bits per heavy atom. The van der Waals surface area contributed by atoms with Crippen LogP contribution in [0.5, 0.6) is 11.5 Å². The summed E-state index contributed by atoms with van der Waals surface area (Å²) in [4.78, 5) is 11.6. The number of benzene rings is 3. The molecule has 7 heteroatoms. The predicted molar refractivity (Wildman–Crippen MR) is 140 cm³/mol. The van der Waals surface area contributed by atoms with E-state index in [2.05, 4.69) is 45.5 Å². The summed E-state index contributed by atoms with van der Waals surface area (Å²) in [6, 6.07) is 20.6. The van der Waals surface area contributed by atoms with Crippen LogP contribution < -0.4 is 19.7 Å². The minimum absolute atomic E-state index is 0.611. The van der Waals surface area contributed by atoms with Crippen molar-refractivity contribution >= 4 is 22.4 Å². The molecule has 7 nitrogen and oxygen atoms in total. The van der Waals surface area contributed by atoms with Crippen molar-refractivity contribution in [3.05, 3.63) is 72.4 Å². The molecular weight excluding hydrogens is 440 g/mol. The summed E-state index contributed by atoms with van der Waals surface area (Å²) in [6.45, 7) is 3.87. The van der Waals surface area contributed by atoms with Gasteiger partial charge in [0.25, 0.3) is 0 Å². The first kappa shape index (κ1) is 22.9. The van der Waals surface area contributed by atoms with E-state index in [-0.39, 0.29) is 0 Å². The second-order valence-corrected chi connectivity index (χ2v) is 8.44. The van der Waals surface area contributed by atoms with E-state index in [1.165, 1.54) is 11.1 Å². The highest BCUT2D eigenvalue weighted by molar-refractivity contribution is 5.98. The Morgan fingerprint density at radius 1 is 0.971 bits per heavy atom. The van der Waals surface area contributed by atoms with Crippen molar-refractivity contribution in [2.75, 3.05) is 57.3 Å². The molecule has 0 atom stereocenters. The van der Waals surface area contributed by atoms with Gasteiger partial charge < -0.3 is 24.4 Å². The van der Waals surface area contributed by atoms with Crippen molar-refractivity contribution in [1.29, 1.82) is 0 Å². The molecule has 0 radical (unpaired) electrons. The Balaban J connectivity index is 1.42. The second kappa shape index (κ2) is 10.6. The van der Waals surface area contributed by atoms with Gasteiger partial charge in [0.15, 0.2) is 0 Å². The standard InChI is InChI=1S/C28H30N4O3/c1-33-23-8-7-21-17-22(18-26(24(21)19-23)32-13-15-35-16-14-32)25-10-12-30-28(31-25)29-11-9-20-5-3-4-6-27(20)34-2/h3-8,10,12,17-19H,9,11,13-16H2,1-2H3,(H,29,30,31). The van der Waals surface area contributed by atoms with E-state index >= 15 is 0 Å². The van der Waals surface area contributed by atoms with Crippen LogP contribution >= 0.6 is 0 Å². The van der Waals surface area contributed by atoms with Gasteiger partial charge in [0.05, 0.1) is 33.1 Å². The Morgan fingerprint density at radius 3 is 2.66 bits per heavy atom. The summed E-state index contributed by atoms with van der Waals surface area (Å²) in [7, 11) is 3.40. The van der Waals surface area contributed by atoms with Gasteiger partial charge in [0.1, 0.15) is 11.5 Å². The molecular formula is C28H30N4O3. The first-order chi connectivity index (χ1) is 17.2. The zero-order valence-electron chi connectivity index (χ0n) is 20.2. The Labute approximate surface area is 205 Å². The molecule has 0 aliphatic carbocycles. The van der Waals surface area contributed by atoms with Gasteiger partial charge in [-0.1, -0.05) is 24.3 Å². The van der Waals surface area contributed by atoms with Crippen molar-refractivity contribution in [2.24, 2.45) is 0 Å². The summed E-state index contributed by atoms with van der Waals surface area (Å²) in [6.07, 6.45) is 2.62. The smallest absolute Gasteiger partial charge is 0.223 e. The van der Waals surface area contributed by atoms with E-state index in [0.717, 1.165) is 66.4 Å².